The lowest BCUT2D eigenvalue weighted by Gasteiger charge is -2.25. The second kappa shape index (κ2) is 14.0. The van der Waals surface area contributed by atoms with Crippen LogP contribution < -0.4 is 29.1 Å². The molecule has 0 aliphatic carbocycles. The quantitative estimate of drug-likeness (QED) is 0.150. The average molecular weight is 714 g/mol. The van der Waals surface area contributed by atoms with Crippen molar-refractivity contribution in [3.05, 3.63) is 131 Å². The van der Waals surface area contributed by atoms with Gasteiger partial charge in [0.2, 0.25) is 0 Å². The third-order valence-electron chi connectivity index (χ3n) is 7.83. The molecular formula is C37H33BrN2O6S. The number of methoxy groups -OCH3 is 1. The maximum atomic E-state index is 14.4. The maximum absolute atomic E-state index is 14.4. The van der Waals surface area contributed by atoms with Crippen LogP contribution in [0.5, 0.6) is 17.2 Å². The molecule has 0 bridgehead atoms. The lowest BCUT2D eigenvalue weighted by molar-refractivity contribution is -0.139. The fraction of sp³-hybridized carbons (Fsp3) is 0.216. The first-order valence-corrected chi connectivity index (χ1v) is 16.8. The van der Waals surface area contributed by atoms with Crippen molar-refractivity contribution in [1.29, 1.82) is 0 Å². The van der Waals surface area contributed by atoms with E-state index in [-0.39, 0.29) is 12.2 Å². The number of thiazole rings is 1. The zero-order valence-electron chi connectivity index (χ0n) is 26.4. The average Bonchev–Trinajstić information content (AvgIpc) is 3.38. The number of esters is 1. The standard InChI is InChI=1S/C37H33BrN2O6S/c1-5-44-31-19-25(14-18-30(31)43-4)34-33(36(42)45-6-2)22(3)39-37-40(34)35(41)32(47-37)20-28-27-10-8-7-9-24(27)13-17-29(28)46-21-23-11-15-26(38)16-12-23/h7-20,34H,5-6,21H2,1-4H3/b32-20-/t34-/m0/s1. The summed E-state index contributed by atoms with van der Waals surface area (Å²) in [5.41, 5.74) is 2.96. The van der Waals surface area contributed by atoms with Crippen LogP contribution in [0.1, 0.15) is 43.5 Å². The molecule has 240 valence electrons. The Balaban J connectivity index is 1.53. The smallest absolute Gasteiger partial charge is 0.338 e. The van der Waals surface area contributed by atoms with Gasteiger partial charge in [-0.15, -0.1) is 0 Å². The first-order chi connectivity index (χ1) is 22.8. The Morgan fingerprint density at radius 3 is 2.47 bits per heavy atom. The van der Waals surface area contributed by atoms with Gasteiger partial charge in [-0.25, -0.2) is 9.79 Å². The minimum absolute atomic E-state index is 0.184. The van der Waals surface area contributed by atoms with E-state index in [4.69, 9.17) is 23.9 Å². The molecule has 1 aliphatic heterocycles. The van der Waals surface area contributed by atoms with Crippen molar-refractivity contribution in [3.8, 4) is 17.2 Å². The Labute approximate surface area is 284 Å². The van der Waals surface area contributed by atoms with Crippen molar-refractivity contribution in [1.82, 2.24) is 4.57 Å². The van der Waals surface area contributed by atoms with Gasteiger partial charge in [-0.3, -0.25) is 9.36 Å². The predicted molar refractivity (Wildman–Crippen MR) is 187 cm³/mol. The fourth-order valence-electron chi connectivity index (χ4n) is 5.66. The van der Waals surface area contributed by atoms with Crippen molar-refractivity contribution in [2.45, 2.75) is 33.4 Å². The molecule has 4 aromatic carbocycles. The van der Waals surface area contributed by atoms with Gasteiger partial charge in [0.25, 0.3) is 5.56 Å². The molecule has 10 heteroatoms. The highest BCUT2D eigenvalue weighted by Gasteiger charge is 2.34. The molecule has 5 aromatic rings. The second-order valence-electron chi connectivity index (χ2n) is 10.8. The Hall–Kier alpha value is -4.67. The Morgan fingerprint density at radius 1 is 0.957 bits per heavy atom. The summed E-state index contributed by atoms with van der Waals surface area (Å²) in [4.78, 5) is 33.1. The third kappa shape index (κ3) is 6.48. The highest BCUT2D eigenvalue weighted by atomic mass is 79.9. The van der Waals surface area contributed by atoms with Gasteiger partial charge >= 0.3 is 5.97 Å². The van der Waals surface area contributed by atoms with E-state index in [1.54, 1.807) is 37.7 Å². The van der Waals surface area contributed by atoms with Crippen molar-refractivity contribution >= 4 is 50.1 Å². The molecule has 0 spiro atoms. The monoisotopic (exact) mass is 712 g/mol. The van der Waals surface area contributed by atoms with Crippen molar-refractivity contribution in [3.63, 3.8) is 0 Å². The number of rotatable bonds is 10. The zero-order chi connectivity index (χ0) is 33.1. The number of hydrogen-bond acceptors (Lipinski definition) is 8. The third-order valence-corrected chi connectivity index (χ3v) is 9.35. The lowest BCUT2D eigenvalue weighted by Crippen LogP contribution is -2.40. The SMILES string of the molecule is CCOC(=O)C1=C(C)N=c2s/c(=C\c3c(OCc4ccc(Br)cc4)ccc4ccccc34)c(=O)n2[C@H]1c1ccc(OC)c(OCC)c1. The second-order valence-corrected chi connectivity index (χ2v) is 12.7. The molecule has 6 rings (SSSR count). The van der Waals surface area contributed by atoms with Crippen LogP contribution in [0, 0.1) is 0 Å². The van der Waals surface area contributed by atoms with Crippen LogP contribution >= 0.6 is 27.3 Å². The van der Waals surface area contributed by atoms with E-state index in [2.05, 4.69) is 15.9 Å². The molecule has 0 unspecified atom stereocenters. The molecule has 0 fully saturated rings. The summed E-state index contributed by atoms with van der Waals surface area (Å²) in [5.74, 6) is 1.18. The Bertz CT molecular complexity index is 2190. The molecule has 1 atom stereocenters. The van der Waals surface area contributed by atoms with Crippen LogP contribution in [0.2, 0.25) is 0 Å². The number of carbonyl (C=O) groups is 1. The van der Waals surface area contributed by atoms with E-state index < -0.39 is 12.0 Å². The number of benzene rings is 4. The predicted octanol–water partition coefficient (Wildman–Crippen LogP) is 6.70. The topological polar surface area (TPSA) is 88.4 Å². The van der Waals surface area contributed by atoms with Crippen LogP contribution in [-0.4, -0.2) is 30.9 Å². The van der Waals surface area contributed by atoms with Gasteiger partial charge in [0, 0.05) is 10.0 Å². The van der Waals surface area contributed by atoms with Crippen molar-refractivity contribution in [2.75, 3.05) is 20.3 Å². The number of allylic oxidation sites excluding steroid dienone is 1. The first-order valence-electron chi connectivity index (χ1n) is 15.2. The molecule has 0 N–H and O–H groups in total. The number of hydrogen-bond donors (Lipinski definition) is 0. The summed E-state index contributed by atoms with van der Waals surface area (Å²) in [6.45, 7) is 6.35. The van der Waals surface area contributed by atoms with Crippen LogP contribution in [-0.2, 0) is 16.1 Å². The van der Waals surface area contributed by atoms with Crippen LogP contribution in [0.4, 0.5) is 0 Å². The van der Waals surface area contributed by atoms with E-state index in [0.717, 1.165) is 26.4 Å². The van der Waals surface area contributed by atoms with Gasteiger partial charge < -0.3 is 18.9 Å². The van der Waals surface area contributed by atoms with Gasteiger partial charge in [0.05, 0.1) is 42.2 Å². The Kier molecular flexibility index (Phi) is 9.60. The minimum Gasteiger partial charge on any atom is -0.493 e. The van der Waals surface area contributed by atoms with Crippen LogP contribution in [0.15, 0.2) is 104 Å². The number of carbonyl (C=O) groups excluding carboxylic acids is 1. The van der Waals surface area contributed by atoms with E-state index >= 15 is 0 Å². The zero-order valence-corrected chi connectivity index (χ0v) is 28.8. The Morgan fingerprint density at radius 2 is 1.72 bits per heavy atom. The molecule has 0 saturated carbocycles. The summed E-state index contributed by atoms with van der Waals surface area (Å²) in [6, 6.07) is 24.5. The number of ether oxygens (including phenoxy) is 4. The molecule has 0 radical (unpaired) electrons. The lowest BCUT2D eigenvalue weighted by atomic mass is 9.95. The van der Waals surface area contributed by atoms with E-state index in [1.165, 1.54) is 11.3 Å². The van der Waals surface area contributed by atoms with Gasteiger partial charge in [-0.2, -0.15) is 0 Å². The number of nitrogens with zero attached hydrogens (tertiary/aromatic N) is 2. The number of aromatic nitrogens is 1. The maximum Gasteiger partial charge on any atom is 0.338 e. The normalized spacial score (nSPS) is 14.5. The van der Waals surface area contributed by atoms with E-state index in [9.17, 15) is 9.59 Å². The first kappa shape index (κ1) is 32.3. The van der Waals surface area contributed by atoms with Crippen LogP contribution in [0.25, 0.3) is 16.8 Å². The number of halogens is 1. The fourth-order valence-corrected chi connectivity index (χ4v) is 6.95. The molecule has 0 saturated heterocycles. The molecule has 1 aromatic heterocycles. The molecule has 47 heavy (non-hydrogen) atoms. The summed E-state index contributed by atoms with van der Waals surface area (Å²) >= 11 is 4.75. The van der Waals surface area contributed by atoms with Gasteiger partial charge in [0.1, 0.15) is 12.4 Å². The number of fused-ring (bicyclic) bond motifs is 2. The summed E-state index contributed by atoms with van der Waals surface area (Å²) in [7, 11) is 1.57. The van der Waals surface area contributed by atoms with Gasteiger partial charge in [0.15, 0.2) is 16.3 Å². The van der Waals surface area contributed by atoms with E-state index in [1.807, 2.05) is 79.7 Å². The molecule has 2 heterocycles. The highest BCUT2D eigenvalue weighted by molar-refractivity contribution is 9.10. The van der Waals surface area contributed by atoms with Crippen LogP contribution in [0.3, 0.4) is 0 Å². The largest absolute Gasteiger partial charge is 0.493 e. The molecule has 8 nitrogen and oxygen atoms in total. The van der Waals surface area contributed by atoms with E-state index in [0.29, 0.717) is 56.6 Å². The summed E-state index contributed by atoms with van der Waals surface area (Å²) < 4.78 is 26.2. The van der Waals surface area contributed by atoms with Crippen molar-refractivity contribution in [2.24, 2.45) is 4.99 Å². The minimum atomic E-state index is -0.793. The summed E-state index contributed by atoms with van der Waals surface area (Å²) in [6.07, 6.45) is 1.86. The molecular weight excluding hydrogens is 680 g/mol. The summed E-state index contributed by atoms with van der Waals surface area (Å²) in [5, 5.41) is 1.96. The molecule has 1 aliphatic rings. The highest BCUT2D eigenvalue weighted by Crippen LogP contribution is 2.36. The van der Waals surface area contributed by atoms with Gasteiger partial charge in [-0.1, -0.05) is 75.8 Å². The molecule has 0 amide bonds. The van der Waals surface area contributed by atoms with Gasteiger partial charge in [-0.05, 0) is 79.1 Å². The van der Waals surface area contributed by atoms with Crippen molar-refractivity contribution < 1.29 is 23.7 Å².